The van der Waals surface area contributed by atoms with Crippen LogP contribution in [0.2, 0.25) is 0 Å². The highest BCUT2D eigenvalue weighted by Crippen LogP contribution is 2.30. The van der Waals surface area contributed by atoms with Crippen LogP contribution in [0.15, 0.2) is 12.1 Å². The van der Waals surface area contributed by atoms with Gasteiger partial charge in [0.05, 0.1) is 23.8 Å². The van der Waals surface area contributed by atoms with Crippen molar-refractivity contribution in [3.8, 4) is 6.07 Å². The van der Waals surface area contributed by atoms with Gasteiger partial charge >= 0.3 is 0 Å². The number of rotatable bonds is 2. The van der Waals surface area contributed by atoms with Crippen molar-refractivity contribution in [1.29, 1.82) is 5.26 Å². The maximum atomic E-state index is 14.0. The Bertz CT molecular complexity index is 504. The molecule has 0 amide bonds. The first-order valence-corrected chi connectivity index (χ1v) is 6.27. The molecule has 2 rings (SSSR count). The van der Waals surface area contributed by atoms with Gasteiger partial charge in [0.2, 0.25) is 0 Å². The van der Waals surface area contributed by atoms with Gasteiger partial charge in [-0.3, -0.25) is 0 Å². The molecule has 5 heteroatoms. The first-order valence-electron chi connectivity index (χ1n) is 6.27. The molecule has 1 aromatic carbocycles. The fraction of sp³-hybridized carbons (Fsp3) is 0.500. The number of anilines is 1. The molecule has 1 aliphatic heterocycles. The highest BCUT2D eigenvalue weighted by molar-refractivity contribution is 5.53. The van der Waals surface area contributed by atoms with Gasteiger partial charge < -0.3 is 9.64 Å². The van der Waals surface area contributed by atoms with Crippen molar-refractivity contribution in [3.63, 3.8) is 0 Å². The van der Waals surface area contributed by atoms with Gasteiger partial charge in [-0.15, -0.1) is 0 Å². The summed E-state index contributed by atoms with van der Waals surface area (Å²) in [6.45, 7) is 5.22. The van der Waals surface area contributed by atoms with Crippen molar-refractivity contribution < 1.29 is 13.5 Å². The minimum absolute atomic E-state index is 0.00902. The predicted octanol–water partition coefficient (Wildman–Crippen LogP) is 2.84. The molecule has 0 N–H and O–H groups in total. The third-order valence-electron chi connectivity index (χ3n) is 3.55. The number of benzene rings is 1. The Morgan fingerprint density at radius 1 is 1.42 bits per heavy atom. The normalized spacial score (nSPS) is 23.2. The maximum absolute atomic E-state index is 14.0. The first kappa shape index (κ1) is 13.8. The summed E-state index contributed by atoms with van der Waals surface area (Å²) in [5.41, 5.74) is -0.474. The summed E-state index contributed by atoms with van der Waals surface area (Å²) >= 11 is 0. The summed E-state index contributed by atoms with van der Waals surface area (Å²) in [7, 11) is 0. The van der Waals surface area contributed by atoms with Crippen LogP contribution in [0.1, 0.15) is 25.8 Å². The molecule has 3 nitrogen and oxygen atoms in total. The SMILES string of the molecule is CCC1(C)CN(c2c(F)cc(C#N)cc2F)CCO1. The van der Waals surface area contributed by atoms with E-state index in [1.54, 1.807) is 11.0 Å². The van der Waals surface area contributed by atoms with E-state index in [0.29, 0.717) is 19.7 Å². The van der Waals surface area contributed by atoms with Gasteiger partial charge in [-0.05, 0) is 25.5 Å². The Hall–Kier alpha value is -1.67. The lowest BCUT2D eigenvalue weighted by Gasteiger charge is -2.41. The molecule has 0 spiro atoms. The summed E-state index contributed by atoms with van der Waals surface area (Å²) in [4.78, 5) is 1.65. The zero-order valence-corrected chi connectivity index (χ0v) is 11.0. The van der Waals surface area contributed by atoms with E-state index in [2.05, 4.69) is 0 Å². The number of nitriles is 1. The van der Waals surface area contributed by atoms with Crippen molar-refractivity contribution in [1.82, 2.24) is 0 Å². The lowest BCUT2D eigenvalue weighted by Crippen LogP contribution is -2.50. The second-order valence-electron chi connectivity index (χ2n) is 4.97. The molecule has 0 aliphatic carbocycles. The van der Waals surface area contributed by atoms with E-state index in [-0.39, 0.29) is 11.3 Å². The molecule has 102 valence electrons. The molecule has 0 radical (unpaired) electrons. The molecule has 0 aromatic heterocycles. The predicted molar refractivity (Wildman–Crippen MR) is 67.9 cm³/mol. The lowest BCUT2D eigenvalue weighted by atomic mass is 10.0. The largest absolute Gasteiger partial charge is 0.372 e. The summed E-state index contributed by atoms with van der Waals surface area (Å²) in [6.07, 6.45) is 0.767. The van der Waals surface area contributed by atoms with E-state index >= 15 is 0 Å². The third kappa shape index (κ3) is 2.69. The molecule has 1 aromatic rings. The van der Waals surface area contributed by atoms with Gasteiger partial charge in [0, 0.05) is 13.1 Å². The second-order valence-corrected chi connectivity index (χ2v) is 4.97. The van der Waals surface area contributed by atoms with Crippen LogP contribution in [0.25, 0.3) is 0 Å². The van der Waals surface area contributed by atoms with Crippen molar-refractivity contribution >= 4 is 5.69 Å². The van der Waals surface area contributed by atoms with Crippen molar-refractivity contribution in [3.05, 3.63) is 29.3 Å². The van der Waals surface area contributed by atoms with Gasteiger partial charge in [0.25, 0.3) is 0 Å². The van der Waals surface area contributed by atoms with Crippen molar-refractivity contribution in [2.24, 2.45) is 0 Å². The summed E-state index contributed by atoms with van der Waals surface area (Å²) in [5, 5.41) is 8.69. The highest BCUT2D eigenvalue weighted by atomic mass is 19.1. The zero-order chi connectivity index (χ0) is 14.0. The van der Waals surface area contributed by atoms with Gasteiger partial charge in [-0.1, -0.05) is 6.92 Å². The van der Waals surface area contributed by atoms with Gasteiger partial charge in [0.15, 0.2) is 11.6 Å². The smallest absolute Gasteiger partial charge is 0.150 e. The fourth-order valence-corrected chi connectivity index (χ4v) is 2.27. The van der Waals surface area contributed by atoms with E-state index in [9.17, 15) is 8.78 Å². The molecule has 1 unspecified atom stereocenters. The van der Waals surface area contributed by atoms with E-state index in [4.69, 9.17) is 10.00 Å². The van der Waals surface area contributed by atoms with Crippen molar-refractivity contribution in [2.75, 3.05) is 24.6 Å². The molecule has 19 heavy (non-hydrogen) atoms. The average Bonchev–Trinajstić information content (AvgIpc) is 2.38. The summed E-state index contributed by atoms with van der Waals surface area (Å²) < 4.78 is 33.6. The van der Waals surface area contributed by atoms with Gasteiger partial charge in [-0.25, -0.2) is 8.78 Å². The lowest BCUT2D eigenvalue weighted by molar-refractivity contribution is -0.0444. The standard InChI is InChI=1S/C14H16F2N2O/c1-3-14(2)9-18(4-5-19-14)13-11(15)6-10(8-17)7-12(13)16/h6-7H,3-5,9H2,1-2H3. The van der Waals surface area contributed by atoms with E-state index in [1.807, 2.05) is 13.8 Å². The van der Waals surface area contributed by atoms with Crippen LogP contribution in [0.3, 0.4) is 0 Å². The Morgan fingerprint density at radius 2 is 2.05 bits per heavy atom. The van der Waals surface area contributed by atoms with E-state index < -0.39 is 17.2 Å². The highest BCUT2D eigenvalue weighted by Gasteiger charge is 2.32. The molecule has 1 saturated heterocycles. The molecule has 0 saturated carbocycles. The van der Waals surface area contributed by atoms with Crippen LogP contribution in [-0.4, -0.2) is 25.3 Å². The Balaban J connectivity index is 2.35. The Kier molecular flexibility index (Phi) is 3.72. The number of ether oxygens (including phenoxy) is 1. The number of halogens is 2. The number of nitrogens with zero attached hydrogens (tertiary/aromatic N) is 2. The Labute approximate surface area is 111 Å². The summed E-state index contributed by atoms with van der Waals surface area (Å²) in [6, 6.07) is 3.88. The van der Waals surface area contributed by atoms with Crippen molar-refractivity contribution in [2.45, 2.75) is 25.9 Å². The Morgan fingerprint density at radius 3 is 2.58 bits per heavy atom. The topological polar surface area (TPSA) is 36.3 Å². The minimum atomic E-state index is -0.697. The van der Waals surface area contributed by atoms with E-state index in [1.165, 1.54) is 0 Å². The van der Waals surface area contributed by atoms with Crippen LogP contribution >= 0.6 is 0 Å². The summed E-state index contributed by atoms with van der Waals surface area (Å²) in [5.74, 6) is -1.39. The molecule has 0 bridgehead atoms. The number of morpholine rings is 1. The monoisotopic (exact) mass is 266 g/mol. The van der Waals surface area contributed by atoms with E-state index in [0.717, 1.165) is 18.6 Å². The average molecular weight is 266 g/mol. The van der Waals surface area contributed by atoms with Crippen LogP contribution in [0.4, 0.5) is 14.5 Å². The second kappa shape index (κ2) is 5.14. The zero-order valence-electron chi connectivity index (χ0n) is 11.0. The number of hydrogen-bond acceptors (Lipinski definition) is 3. The number of hydrogen-bond donors (Lipinski definition) is 0. The van der Waals surface area contributed by atoms with Crippen LogP contribution < -0.4 is 4.90 Å². The van der Waals surface area contributed by atoms with Gasteiger partial charge in [0.1, 0.15) is 5.69 Å². The van der Waals surface area contributed by atoms with Gasteiger partial charge in [-0.2, -0.15) is 5.26 Å². The first-order chi connectivity index (χ1) is 8.99. The quantitative estimate of drug-likeness (QED) is 0.825. The minimum Gasteiger partial charge on any atom is -0.372 e. The third-order valence-corrected chi connectivity index (χ3v) is 3.55. The van der Waals surface area contributed by atoms with Crippen LogP contribution in [0, 0.1) is 23.0 Å². The molecule has 1 fully saturated rings. The maximum Gasteiger partial charge on any atom is 0.150 e. The van der Waals surface area contributed by atoms with Crippen LogP contribution in [-0.2, 0) is 4.74 Å². The fourth-order valence-electron chi connectivity index (χ4n) is 2.27. The molecule has 1 atom stereocenters. The molecular formula is C14H16F2N2O. The molecular weight excluding hydrogens is 250 g/mol. The van der Waals surface area contributed by atoms with Crippen LogP contribution in [0.5, 0.6) is 0 Å². The molecule has 1 heterocycles. The molecule has 1 aliphatic rings.